The van der Waals surface area contributed by atoms with Gasteiger partial charge in [-0.25, -0.2) is 0 Å². The minimum absolute atomic E-state index is 0.137. The summed E-state index contributed by atoms with van der Waals surface area (Å²) in [7, 11) is 0. The van der Waals surface area contributed by atoms with E-state index in [1.165, 1.54) is 0 Å². The molecule has 1 saturated heterocycles. The highest BCUT2D eigenvalue weighted by molar-refractivity contribution is 5.13. The molecule has 22 heavy (non-hydrogen) atoms. The van der Waals surface area contributed by atoms with Crippen LogP contribution in [0, 0.1) is 11.8 Å². The molecule has 122 valence electrons. The van der Waals surface area contributed by atoms with Gasteiger partial charge in [-0.1, -0.05) is 57.2 Å². The Morgan fingerprint density at radius 3 is 2.50 bits per heavy atom. The first-order valence-electron chi connectivity index (χ1n) is 8.20. The van der Waals surface area contributed by atoms with Gasteiger partial charge >= 0.3 is 0 Å². The normalized spacial score (nSPS) is 31.9. The van der Waals surface area contributed by atoms with Gasteiger partial charge in [0, 0.05) is 11.8 Å². The van der Waals surface area contributed by atoms with Gasteiger partial charge < -0.3 is 14.2 Å². The van der Waals surface area contributed by atoms with E-state index in [4.69, 9.17) is 14.2 Å². The van der Waals surface area contributed by atoms with E-state index in [0.29, 0.717) is 19.1 Å². The van der Waals surface area contributed by atoms with Crippen molar-refractivity contribution in [2.24, 2.45) is 11.8 Å². The molecule has 0 spiro atoms. The molecular formula is C19H28O3. The fourth-order valence-corrected chi connectivity index (χ4v) is 3.16. The molecule has 2 unspecified atom stereocenters. The van der Waals surface area contributed by atoms with Gasteiger partial charge in [0.15, 0.2) is 6.29 Å². The third-order valence-corrected chi connectivity index (χ3v) is 4.43. The Bertz CT molecular complexity index is 445. The molecule has 3 heteroatoms. The van der Waals surface area contributed by atoms with Crippen molar-refractivity contribution < 1.29 is 14.2 Å². The molecule has 0 N–H and O–H groups in total. The molecular weight excluding hydrogens is 276 g/mol. The summed E-state index contributed by atoms with van der Waals surface area (Å²) in [5.41, 5.74) is 1.16. The maximum absolute atomic E-state index is 6.16. The molecule has 0 bridgehead atoms. The van der Waals surface area contributed by atoms with E-state index in [1.54, 1.807) is 6.08 Å². The molecule has 1 heterocycles. The summed E-state index contributed by atoms with van der Waals surface area (Å²) in [6.45, 7) is 11.4. The Balaban J connectivity index is 2.00. The standard InChI is InChI=1S/C19H28O3/c1-5-12-20-18-14(3)17(6-2)22-19(15(18)4)21-13-16-10-8-7-9-11-16/h5,7-11,14-15,17-19H,1,6,12-13H2,2-4H3/t14-,15?,17?,18-,19+/m0/s1. The highest BCUT2D eigenvalue weighted by Gasteiger charge is 2.41. The summed E-state index contributed by atoms with van der Waals surface area (Å²) >= 11 is 0. The van der Waals surface area contributed by atoms with Crippen LogP contribution in [-0.2, 0) is 20.8 Å². The first kappa shape index (κ1) is 17.2. The average Bonchev–Trinajstić information content (AvgIpc) is 2.55. The van der Waals surface area contributed by atoms with E-state index >= 15 is 0 Å². The molecule has 5 atom stereocenters. The summed E-state index contributed by atoms with van der Waals surface area (Å²) in [5, 5.41) is 0. The van der Waals surface area contributed by atoms with Crippen molar-refractivity contribution in [1.82, 2.24) is 0 Å². The van der Waals surface area contributed by atoms with E-state index in [-0.39, 0.29) is 24.4 Å². The van der Waals surface area contributed by atoms with Crippen LogP contribution in [0.3, 0.4) is 0 Å². The lowest BCUT2D eigenvalue weighted by atomic mass is 9.84. The zero-order valence-corrected chi connectivity index (χ0v) is 13.9. The summed E-state index contributed by atoms with van der Waals surface area (Å²) in [6, 6.07) is 10.2. The zero-order valence-electron chi connectivity index (χ0n) is 13.9. The Kier molecular flexibility index (Phi) is 6.62. The van der Waals surface area contributed by atoms with Crippen molar-refractivity contribution in [2.45, 2.75) is 52.3 Å². The van der Waals surface area contributed by atoms with Gasteiger partial charge in [-0.3, -0.25) is 0 Å². The topological polar surface area (TPSA) is 27.7 Å². The molecule has 0 aromatic heterocycles. The second-order valence-electron chi connectivity index (χ2n) is 6.05. The van der Waals surface area contributed by atoms with Crippen LogP contribution in [0.1, 0.15) is 32.8 Å². The number of rotatable bonds is 7. The predicted octanol–water partition coefficient (Wildman–Crippen LogP) is 4.18. The molecule has 2 rings (SSSR count). The quantitative estimate of drug-likeness (QED) is 0.707. The number of hydrogen-bond acceptors (Lipinski definition) is 3. The number of benzene rings is 1. The van der Waals surface area contributed by atoms with Gasteiger partial charge in [-0.2, -0.15) is 0 Å². The van der Waals surface area contributed by atoms with E-state index in [1.807, 2.05) is 18.2 Å². The SMILES string of the molecule is C=CCO[C@@H]1C(C)[C@H](OCc2ccccc2)OC(CC)[C@@H]1C. The molecule has 1 fully saturated rings. The van der Waals surface area contributed by atoms with Crippen LogP contribution in [0.15, 0.2) is 43.0 Å². The highest BCUT2D eigenvalue weighted by atomic mass is 16.7. The van der Waals surface area contributed by atoms with Gasteiger partial charge in [0.2, 0.25) is 0 Å². The molecule has 0 aliphatic carbocycles. The van der Waals surface area contributed by atoms with E-state index < -0.39 is 0 Å². The molecule has 3 nitrogen and oxygen atoms in total. The van der Waals surface area contributed by atoms with Gasteiger partial charge in [0.25, 0.3) is 0 Å². The molecule has 1 aromatic rings. The summed E-state index contributed by atoms with van der Waals surface area (Å²) < 4.78 is 18.2. The lowest BCUT2D eigenvalue weighted by Crippen LogP contribution is -2.50. The Morgan fingerprint density at radius 1 is 1.14 bits per heavy atom. The predicted molar refractivity (Wildman–Crippen MR) is 88.4 cm³/mol. The zero-order chi connectivity index (χ0) is 15.9. The largest absolute Gasteiger partial charge is 0.373 e. The lowest BCUT2D eigenvalue weighted by molar-refractivity contribution is -0.271. The van der Waals surface area contributed by atoms with Crippen molar-refractivity contribution in [3.63, 3.8) is 0 Å². The van der Waals surface area contributed by atoms with Crippen LogP contribution < -0.4 is 0 Å². The summed E-state index contributed by atoms with van der Waals surface area (Å²) in [6.07, 6.45) is 2.85. The van der Waals surface area contributed by atoms with Crippen LogP contribution in [0.25, 0.3) is 0 Å². The van der Waals surface area contributed by atoms with E-state index in [9.17, 15) is 0 Å². The summed E-state index contributed by atoms with van der Waals surface area (Å²) in [5.74, 6) is 0.554. The second-order valence-corrected chi connectivity index (χ2v) is 6.05. The van der Waals surface area contributed by atoms with Crippen LogP contribution in [0.2, 0.25) is 0 Å². The van der Waals surface area contributed by atoms with Crippen LogP contribution in [-0.4, -0.2) is 25.1 Å². The monoisotopic (exact) mass is 304 g/mol. The lowest BCUT2D eigenvalue weighted by Gasteiger charge is -2.44. The van der Waals surface area contributed by atoms with Crippen molar-refractivity contribution >= 4 is 0 Å². The third kappa shape index (κ3) is 4.19. The fourth-order valence-electron chi connectivity index (χ4n) is 3.16. The van der Waals surface area contributed by atoms with Crippen molar-refractivity contribution in [1.29, 1.82) is 0 Å². The number of ether oxygens (including phenoxy) is 3. The van der Waals surface area contributed by atoms with Crippen LogP contribution >= 0.6 is 0 Å². The maximum Gasteiger partial charge on any atom is 0.163 e. The highest BCUT2D eigenvalue weighted by Crippen LogP contribution is 2.34. The van der Waals surface area contributed by atoms with Gasteiger partial charge in [0.05, 0.1) is 25.4 Å². The maximum atomic E-state index is 6.16. The van der Waals surface area contributed by atoms with Crippen molar-refractivity contribution in [3.05, 3.63) is 48.6 Å². The Morgan fingerprint density at radius 2 is 1.86 bits per heavy atom. The average molecular weight is 304 g/mol. The Hall–Kier alpha value is -1.16. The summed E-state index contributed by atoms with van der Waals surface area (Å²) in [4.78, 5) is 0. The minimum atomic E-state index is -0.226. The molecule has 1 aliphatic heterocycles. The fraction of sp³-hybridized carbons (Fsp3) is 0.579. The van der Waals surface area contributed by atoms with E-state index in [0.717, 1.165) is 12.0 Å². The first-order valence-corrected chi connectivity index (χ1v) is 8.20. The molecule has 1 aromatic carbocycles. The third-order valence-electron chi connectivity index (χ3n) is 4.43. The molecule has 0 saturated carbocycles. The van der Waals surface area contributed by atoms with Crippen LogP contribution in [0.5, 0.6) is 0 Å². The second kappa shape index (κ2) is 8.47. The number of hydrogen-bond donors (Lipinski definition) is 0. The van der Waals surface area contributed by atoms with Gasteiger partial charge in [-0.15, -0.1) is 6.58 Å². The van der Waals surface area contributed by atoms with Crippen LogP contribution in [0.4, 0.5) is 0 Å². The minimum Gasteiger partial charge on any atom is -0.373 e. The van der Waals surface area contributed by atoms with Crippen molar-refractivity contribution in [2.75, 3.05) is 6.61 Å². The molecule has 1 aliphatic rings. The smallest absolute Gasteiger partial charge is 0.163 e. The molecule has 0 radical (unpaired) electrons. The Labute approximate surface area is 134 Å². The molecule has 0 amide bonds. The van der Waals surface area contributed by atoms with Crippen molar-refractivity contribution in [3.8, 4) is 0 Å². The van der Waals surface area contributed by atoms with Gasteiger partial charge in [-0.05, 0) is 12.0 Å². The van der Waals surface area contributed by atoms with E-state index in [2.05, 4.69) is 39.5 Å². The first-order chi connectivity index (χ1) is 10.7. The van der Waals surface area contributed by atoms with Gasteiger partial charge in [0.1, 0.15) is 0 Å².